The Bertz CT molecular complexity index is 533. The van der Waals surface area contributed by atoms with Gasteiger partial charge in [-0.25, -0.2) is 0 Å². The Morgan fingerprint density at radius 2 is 1.91 bits per heavy atom. The van der Waals surface area contributed by atoms with Gasteiger partial charge in [0.25, 0.3) is 0 Å². The van der Waals surface area contributed by atoms with Crippen LogP contribution in [0.25, 0.3) is 0 Å². The highest BCUT2D eigenvalue weighted by atomic mass is 16.1. The number of Topliss-reactive ketones (excluding diaryl/α,β-unsaturated/α-hetero) is 1. The number of benzene rings is 1. The Morgan fingerprint density at radius 3 is 2.50 bits per heavy atom. The van der Waals surface area contributed by atoms with Crippen molar-refractivity contribution in [2.24, 2.45) is 5.92 Å². The molecular formula is C20H29NO. The standard InChI is InChI=1S/C20H29NO/c1-5-19(22)17-12-16-10-11-18(21(16)4)20(17)15-8-6-14(7-9-15)13(2)3/h6-9,13,16-18,20H,5,10-12H2,1-4H3/t16?,17-,18?,20-/m0/s1. The lowest BCUT2D eigenvalue weighted by Gasteiger charge is -2.42. The second kappa shape index (κ2) is 6.16. The van der Waals surface area contributed by atoms with Crippen LogP contribution in [0, 0.1) is 5.92 Å². The fraction of sp³-hybridized carbons (Fsp3) is 0.650. The zero-order valence-electron chi connectivity index (χ0n) is 14.4. The Hall–Kier alpha value is -1.15. The van der Waals surface area contributed by atoms with Crippen LogP contribution >= 0.6 is 0 Å². The van der Waals surface area contributed by atoms with Gasteiger partial charge in [-0.15, -0.1) is 0 Å². The van der Waals surface area contributed by atoms with Crippen molar-refractivity contribution < 1.29 is 4.79 Å². The average molecular weight is 299 g/mol. The molecule has 2 heterocycles. The lowest BCUT2D eigenvalue weighted by Crippen LogP contribution is -2.47. The molecule has 0 aromatic heterocycles. The predicted octanol–water partition coefficient (Wildman–Crippen LogP) is 4.36. The Balaban J connectivity index is 1.94. The molecule has 2 unspecified atom stereocenters. The molecule has 0 radical (unpaired) electrons. The molecule has 2 bridgehead atoms. The van der Waals surface area contributed by atoms with Gasteiger partial charge in [0.15, 0.2) is 0 Å². The van der Waals surface area contributed by atoms with Crippen molar-refractivity contribution in [2.45, 2.75) is 70.4 Å². The van der Waals surface area contributed by atoms with Gasteiger partial charge in [0.05, 0.1) is 0 Å². The van der Waals surface area contributed by atoms with Crippen LogP contribution in [-0.2, 0) is 4.79 Å². The fourth-order valence-electron chi connectivity index (χ4n) is 4.62. The van der Waals surface area contributed by atoms with Crippen molar-refractivity contribution in [2.75, 3.05) is 7.05 Å². The molecule has 0 aliphatic carbocycles. The molecule has 2 saturated heterocycles. The number of rotatable bonds is 4. The zero-order chi connectivity index (χ0) is 15.9. The van der Waals surface area contributed by atoms with Gasteiger partial charge in [0.2, 0.25) is 0 Å². The van der Waals surface area contributed by atoms with Crippen LogP contribution in [0.3, 0.4) is 0 Å². The van der Waals surface area contributed by atoms with E-state index in [1.165, 1.54) is 24.0 Å². The van der Waals surface area contributed by atoms with Crippen LogP contribution in [0.1, 0.15) is 69.4 Å². The molecule has 0 amide bonds. The van der Waals surface area contributed by atoms with E-state index in [0.717, 1.165) is 6.42 Å². The maximum atomic E-state index is 12.5. The second-order valence-electron chi connectivity index (χ2n) is 7.47. The maximum absolute atomic E-state index is 12.5. The van der Waals surface area contributed by atoms with E-state index in [1.807, 2.05) is 6.92 Å². The minimum absolute atomic E-state index is 0.226. The molecule has 2 heteroatoms. The van der Waals surface area contributed by atoms with Gasteiger partial charge in [-0.1, -0.05) is 45.0 Å². The Morgan fingerprint density at radius 1 is 1.23 bits per heavy atom. The predicted molar refractivity (Wildman–Crippen MR) is 91.3 cm³/mol. The van der Waals surface area contributed by atoms with E-state index in [9.17, 15) is 4.79 Å². The lowest BCUT2D eigenvalue weighted by atomic mass is 9.73. The number of ketones is 1. The van der Waals surface area contributed by atoms with Crippen molar-refractivity contribution in [1.82, 2.24) is 4.90 Å². The number of carbonyl (C=O) groups excluding carboxylic acids is 1. The number of carbonyl (C=O) groups is 1. The van der Waals surface area contributed by atoms with E-state index in [0.29, 0.717) is 36.1 Å². The van der Waals surface area contributed by atoms with Crippen molar-refractivity contribution in [3.05, 3.63) is 35.4 Å². The monoisotopic (exact) mass is 299 g/mol. The maximum Gasteiger partial charge on any atom is 0.136 e. The van der Waals surface area contributed by atoms with Gasteiger partial charge in [-0.05, 0) is 43.4 Å². The number of fused-ring (bicyclic) bond motifs is 2. The zero-order valence-corrected chi connectivity index (χ0v) is 14.4. The third kappa shape index (κ3) is 2.62. The van der Waals surface area contributed by atoms with Gasteiger partial charge in [0, 0.05) is 30.3 Å². The lowest BCUT2D eigenvalue weighted by molar-refractivity contribution is -0.125. The Labute approximate surface area is 134 Å². The highest BCUT2D eigenvalue weighted by molar-refractivity contribution is 5.82. The fourth-order valence-corrected chi connectivity index (χ4v) is 4.62. The summed E-state index contributed by atoms with van der Waals surface area (Å²) >= 11 is 0. The molecule has 1 aromatic rings. The summed E-state index contributed by atoms with van der Waals surface area (Å²) in [6.45, 7) is 6.48. The van der Waals surface area contributed by atoms with Gasteiger partial charge in [-0.2, -0.15) is 0 Å². The second-order valence-corrected chi connectivity index (χ2v) is 7.47. The molecule has 0 spiro atoms. The first-order valence-corrected chi connectivity index (χ1v) is 8.87. The van der Waals surface area contributed by atoms with Crippen molar-refractivity contribution in [3.63, 3.8) is 0 Å². The minimum atomic E-state index is 0.226. The Kier molecular flexibility index (Phi) is 4.40. The summed E-state index contributed by atoms with van der Waals surface area (Å²) in [7, 11) is 2.25. The summed E-state index contributed by atoms with van der Waals surface area (Å²) in [6, 6.07) is 10.2. The third-order valence-corrected chi connectivity index (χ3v) is 6.02. The van der Waals surface area contributed by atoms with Crippen LogP contribution < -0.4 is 0 Å². The van der Waals surface area contributed by atoms with Crippen LogP contribution in [0.5, 0.6) is 0 Å². The summed E-state index contributed by atoms with van der Waals surface area (Å²) in [5.74, 6) is 1.64. The summed E-state index contributed by atoms with van der Waals surface area (Å²) < 4.78 is 0. The average Bonchev–Trinajstić information content (AvgIpc) is 2.76. The van der Waals surface area contributed by atoms with Gasteiger partial charge < -0.3 is 0 Å². The quantitative estimate of drug-likeness (QED) is 0.823. The molecule has 2 nitrogen and oxygen atoms in total. The molecule has 2 fully saturated rings. The molecule has 2 aliphatic rings. The number of hydrogen-bond donors (Lipinski definition) is 0. The smallest absolute Gasteiger partial charge is 0.136 e. The van der Waals surface area contributed by atoms with E-state index in [1.54, 1.807) is 0 Å². The number of likely N-dealkylation sites (N-methyl/N-ethyl adjacent to an activating group) is 1. The molecule has 0 saturated carbocycles. The highest BCUT2D eigenvalue weighted by Crippen LogP contribution is 2.47. The minimum Gasteiger partial charge on any atom is -0.300 e. The van der Waals surface area contributed by atoms with Crippen LogP contribution in [-0.4, -0.2) is 29.8 Å². The SMILES string of the molecule is CCC(=O)[C@@H]1CC2CCC([C@H]1c1ccc(C(C)C)cc1)N2C. The largest absolute Gasteiger partial charge is 0.300 e. The van der Waals surface area contributed by atoms with Crippen LogP contribution in [0.2, 0.25) is 0 Å². The molecule has 2 aliphatic heterocycles. The topological polar surface area (TPSA) is 20.3 Å². The number of piperidine rings is 1. The molecular weight excluding hydrogens is 270 g/mol. The first-order valence-electron chi connectivity index (χ1n) is 8.87. The van der Waals surface area contributed by atoms with E-state index in [4.69, 9.17) is 0 Å². The van der Waals surface area contributed by atoms with Crippen LogP contribution in [0.4, 0.5) is 0 Å². The van der Waals surface area contributed by atoms with E-state index in [-0.39, 0.29) is 5.92 Å². The molecule has 120 valence electrons. The van der Waals surface area contributed by atoms with Gasteiger partial charge in [0.1, 0.15) is 5.78 Å². The highest BCUT2D eigenvalue weighted by Gasteiger charge is 2.47. The normalized spacial score (nSPS) is 31.7. The van der Waals surface area contributed by atoms with E-state index in [2.05, 4.69) is 50.1 Å². The molecule has 1 aromatic carbocycles. The van der Waals surface area contributed by atoms with Crippen LogP contribution in [0.15, 0.2) is 24.3 Å². The van der Waals surface area contributed by atoms with Crippen molar-refractivity contribution in [1.29, 1.82) is 0 Å². The molecule has 3 rings (SSSR count). The summed E-state index contributed by atoms with van der Waals surface area (Å²) in [4.78, 5) is 15.1. The summed E-state index contributed by atoms with van der Waals surface area (Å²) in [6.07, 6.45) is 4.23. The first-order chi connectivity index (χ1) is 10.5. The first kappa shape index (κ1) is 15.7. The van der Waals surface area contributed by atoms with E-state index >= 15 is 0 Å². The number of hydrogen-bond acceptors (Lipinski definition) is 2. The summed E-state index contributed by atoms with van der Waals surface area (Å²) in [5, 5.41) is 0. The number of nitrogens with zero attached hydrogens (tertiary/aromatic N) is 1. The van der Waals surface area contributed by atoms with Gasteiger partial charge >= 0.3 is 0 Å². The van der Waals surface area contributed by atoms with Crippen molar-refractivity contribution >= 4 is 5.78 Å². The summed E-state index contributed by atoms with van der Waals surface area (Å²) in [5.41, 5.74) is 2.75. The van der Waals surface area contributed by atoms with E-state index < -0.39 is 0 Å². The van der Waals surface area contributed by atoms with Crippen molar-refractivity contribution in [3.8, 4) is 0 Å². The third-order valence-electron chi connectivity index (χ3n) is 6.02. The molecule has 4 atom stereocenters. The van der Waals surface area contributed by atoms with Gasteiger partial charge in [-0.3, -0.25) is 9.69 Å². The molecule has 0 N–H and O–H groups in total. The molecule has 22 heavy (non-hydrogen) atoms.